The minimum absolute atomic E-state index is 0.0234. The van der Waals surface area contributed by atoms with Crippen LogP contribution in [0, 0.1) is 0 Å². The molecule has 2 aromatic carbocycles. The summed E-state index contributed by atoms with van der Waals surface area (Å²) in [6.45, 7) is 2.19. The van der Waals surface area contributed by atoms with Crippen LogP contribution >= 0.6 is 0 Å². The number of hydrogen-bond donors (Lipinski definition) is 0. The maximum absolute atomic E-state index is 13.1. The second-order valence-electron chi connectivity index (χ2n) is 7.64. The Labute approximate surface area is 186 Å². The number of hydrogen-bond acceptors (Lipinski definition) is 5. The number of alkyl halides is 3. The first-order chi connectivity index (χ1) is 15.8. The highest BCUT2D eigenvalue weighted by atomic mass is 19.4. The maximum Gasteiger partial charge on any atom is 0.416 e. The zero-order valence-electron chi connectivity index (χ0n) is 17.8. The number of para-hydroxylation sites is 1. The smallest absolute Gasteiger partial charge is 0.337 e. The van der Waals surface area contributed by atoms with Crippen LogP contribution < -0.4 is 11.2 Å². The van der Waals surface area contributed by atoms with E-state index >= 15 is 0 Å². The Morgan fingerprint density at radius 1 is 1.00 bits per heavy atom. The largest absolute Gasteiger partial charge is 0.416 e. The zero-order valence-corrected chi connectivity index (χ0v) is 17.8. The molecule has 10 heteroatoms. The van der Waals surface area contributed by atoms with Gasteiger partial charge in [-0.15, -0.1) is 0 Å². The van der Waals surface area contributed by atoms with Gasteiger partial charge >= 0.3 is 11.9 Å². The molecule has 0 aliphatic heterocycles. The van der Waals surface area contributed by atoms with Gasteiger partial charge in [-0.05, 0) is 30.7 Å². The molecule has 0 N–H and O–H groups in total. The van der Waals surface area contributed by atoms with E-state index in [9.17, 15) is 22.8 Å². The minimum atomic E-state index is -4.50. The van der Waals surface area contributed by atoms with E-state index in [2.05, 4.69) is 10.1 Å². The SMILES string of the molecule is CCCCCn1c(=O)c2ccccc2n(Cc2nc(-c3cccc(C(F)(F)F)c3)no2)c1=O. The van der Waals surface area contributed by atoms with Crippen molar-refractivity contribution in [2.24, 2.45) is 0 Å². The number of fused-ring (bicyclic) bond motifs is 1. The first kappa shape index (κ1) is 22.5. The summed E-state index contributed by atoms with van der Waals surface area (Å²) >= 11 is 0. The molecule has 0 atom stereocenters. The fraction of sp³-hybridized carbons (Fsp3) is 0.304. The third-order valence-electron chi connectivity index (χ3n) is 5.33. The maximum atomic E-state index is 13.1. The van der Waals surface area contributed by atoms with Gasteiger partial charge < -0.3 is 4.52 Å². The summed E-state index contributed by atoms with van der Waals surface area (Å²) in [7, 11) is 0. The van der Waals surface area contributed by atoms with Gasteiger partial charge in [0.25, 0.3) is 5.56 Å². The highest BCUT2D eigenvalue weighted by molar-refractivity contribution is 5.77. The van der Waals surface area contributed by atoms with Crippen molar-refractivity contribution in [2.45, 2.75) is 45.5 Å². The Morgan fingerprint density at radius 2 is 1.79 bits per heavy atom. The molecule has 0 aliphatic rings. The Balaban J connectivity index is 1.73. The molecule has 0 saturated carbocycles. The van der Waals surface area contributed by atoms with Crippen molar-refractivity contribution in [2.75, 3.05) is 0 Å². The lowest BCUT2D eigenvalue weighted by atomic mass is 10.1. The summed E-state index contributed by atoms with van der Waals surface area (Å²) in [5.41, 5.74) is -1.14. The molecule has 4 rings (SSSR count). The number of benzene rings is 2. The Hall–Kier alpha value is -3.69. The quantitative estimate of drug-likeness (QED) is 0.382. The minimum Gasteiger partial charge on any atom is -0.337 e. The van der Waals surface area contributed by atoms with E-state index in [0.29, 0.717) is 17.3 Å². The normalized spacial score (nSPS) is 11.9. The molecule has 0 unspecified atom stereocenters. The summed E-state index contributed by atoms with van der Waals surface area (Å²) in [5, 5.41) is 4.16. The lowest BCUT2D eigenvalue weighted by molar-refractivity contribution is -0.137. The first-order valence-electron chi connectivity index (χ1n) is 10.5. The molecule has 0 saturated heterocycles. The van der Waals surface area contributed by atoms with Gasteiger partial charge in [0, 0.05) is 12.1 Å². The third kappa shape index (κ3) is 4.59. The first-order valence-corrected chi connectivity index (χ1v) is 10.5. The predicted octanol–water partition coefficient (Wildman–Crippen LogP) is 4.47. The van der Waals surface area contributed by atoms with E-state index in [1.54, 1.807) is 24.3 Å². The number of unbranched alkanes of at least 4 members (excludes halogenated alkanes) is 2. The Bertz CT molecular complexity index is 1400. The standard InChI is InChI=1S/C23H21F3N4O3/c1-2-3-6-12-29-21(31)17-10-4-5-11-18(17)30(22(29)32)14-19-27-20(28-33-19)15-8-7-9-16(13-15)23(24,25)26/h4-5,7-11,13H,2-3,6,12,14H2,1H3. The molecular weight excluding hydrogens is 437 g/mol. The molecule has 2 heterocycles. The molecule has 7 nitrogen and oxygen atoms in total. The molecule has 0 fully saturated rings. The highest BCUT2D eigenvalue weighted by Crippen LogP contribution is 2.31. The summed E-state index contributed by atoms with van der Waals surface area (Å²) < 4.78 is 46.9. The highest BCUT2D eigenvalue weighted by Gasteiger charge is 2.30. The number of aromatic nitrogens is 4. The molecule has 172 valence electrons. The van der Waals surface area contributed by atoms with Gasteiger partial charge in [0.05, 0.1) is 16.5 Å². The molecule has 0 radical (unpaired) electrons. The monoisotopic (exact) mass is 458 g/mol. The number of halogens is 3. The zero-order chi connectivity index (χ0) is 23.6. The molecule has 4 aromatic rings. The molecule has 0 aliphatic carbocycles. The van der Waals surface area contributed by atoms with E-state index in [4.69, 9.17) is 4.52 Å². The average Bonchev–Trinajstić information content (AvgIpc) is 3.27. The van der Waals surface area contributed by atoms with Crippen LogP contribution in [0.1, 0.15) is 37.6 Å². The predicted molar refractivity (Wildman–Crippen MR) is 116 cm³/mol. The van der Waals surface area contributed by atoms with Crippen molar-refractivity contribution in [1.82, 2.24) is 19.3 Å². The molecule has 0 amide bonds. The molecule has 2 aromatic heterocycles. The van der Waals surface area contributed by atoms with Crippen molar-refractivity contribution < 1.29 is 17.7 Å². The van der Waals surface area contributed by atoms with Crippen LogP contribution in [0.5, 0.6) is 0 Å². The van der Waals surface area contributed by atoms with Gasteiger partial charge in [-0.25, -0.2) is 4.79 Å². The van der Waals surface area contributed by atoms with Crippen LogP contribution in [-0.2, 0) is 19.3 Å². The van der Waals surface area contributed by atoms with Gasteiger partial charge in [0.1, 0.15) is 6.54 Å². The summed E-state index contributed by atoms with van der Waals surface area (Å²) in [6, 6.07) is 11.3. The summed E-state index contributed by atoms with van der Waals surface area (Å²) in [4.78, 5) is 30.2. The van der Waals surface area contributed by atoms with Crippen molar-refractivity contribution in [3.63, 3.8) is 0 Å². The topological polar surface area (TPSA) is 82.9 Å². The van der Waals surface area contributed by atoms with Gasteiger partial charge in [0.15, 0.2) is 0 Å². The summed E-state index contributed by atoms with van der Waals surface area (Å²) in [6.07, 6.45) is -2.00. The van der Waals surface area contributed by atoms with Gasteiger partial charge in [0.2, 0.25) is 11.7 Å². The van der Waals surface area contributed by atoms with Crippen LogP contribution in [0.15, 0.2) is 62.6 Å². The number of nitrogens with zero attached hydrogens (tertiary/aromatic N) is 4. The van der Waals surface area contributed by atoms with E-state index in [0.717, 1.165) is 25.0 Å². The van der Waals surface area contributed by atoms with Crippen molar-refractivity contribution in [3.05, 3.63) is 80.8 Å². The fourth-order valence-corrected chi connectivity index (χ4v) is 3.65. The van der Waals surface area contributed by atoms with Gasteiger partial charge in [-0.2, -0.15) is 18.2 Å². The number of rotatable bonds is 7. The molecule has 33 heavy (non-hydrogen) atoms. The van der Waals surface area contributed by atoms with Crippen LogP contribution in [0.4, 0.5) is 13.2 Å². The van der Waals surface area contributed by atoms with Crippen LogP contribution in [-0.4, -0.2) is 19.3 Å². The second kappa shape index (κ2) is 9.05. The van der Waals surface area contributed by atoms with Crippen molar-refractivity contribution >= 4 is 10.9 Å². The van der Waals surface area contributed by atoms with Crippen LogP contribution in [0.3, 0.4) is 0 Å². The van der Waals surface area contributed by atoms with Gasteiger partial charge in [-0.3, -0.25) is 13.9 Å². The van der Waals surface area contributed by atoms with Crippen LogP contribution in [0.2, 0.25) is 0 Å². The molecular formula is C23H21F3N4O3. The van der Waals surface area contributed by atoms with Crippen molar-refractivity contribution in [3.8, 4) is 11.4 Å². The average molecular weight is 458 g/mol. The molecule has 0 bridgehead atoms. The lowest BCUT2D eigenvalue weighted by Crippen LogP contribution is -2.40. The second-order valence-corrected chi connectivity index (χ2v) is 7.64. The van der Waals surface area contributed by atoms with E-state index in [-0.39, 0.29) is 35.9 Å². The fourth-order valence-electron chi connectivity index (χ4n) is 3.65. The molecule has 0 spiro atoms. The van der Waals surface area contributed by atoms with Gasteiger partial charge in [-0.1, -0.05) is 49.2 Å². The van der Waals surface area contributed by atoms with E-state index < -0.39 is 17.4 Å². The summed E-state index contributed by atoms with van der Waals surface area (Å²) in [5.74, 6) is 0.0122. The third-order valence-corrected chi connectivity index (χ3v) is 5.33. The lowest BCUT2D eigenvalue weighted by Gasteiger charge is -2.12. The van der Waals surface area contributed by atoms with Crippen LogP contribution in [0.25, 0.3) is 22.3 Å². The Morgan fingerprint density at radius 3 is 2.55 bits per heavy atom. The van der Waals surface area contributed by atoms with E-state index in [1.165, 1.54) is 21.3 Å². The Kier molecular flexibility index (Phi) is 6.17. The van der Waals surface area contributed by atoms with Crippen molar-refractivity contribution in [1.29, 1.82) is 0 Å². The van der Waals surface area contributed by atoms with E-state index in [1.807, 2.05) is 6.92 Å².